The number of carbonyl (C=O) groups is 1. The third-order valence-electron chi connectivity index (χ3n) is 6.36. The van der Waals surface area contributed by atoms with Crippen molar-refractivity contribution in [3.63, 3.8) is 0 Å². The van der Waals surface area contributed by atoms with Gasteiger partial charge >= 0.3 is 6.09 Å². The van der Waals surface area contributed by atoms with E-state index in [1.807, 2.05) is 39.8 Å². The summed E-state index contributed by atoms with van der Waals surface area (Å²) >= 11 is 0. The zero-order valence-corrected chi connectivity index (χ0v) is 20.4. The van der Waals surface area contributed by atoms with Crippen LogP contribution in [-0.4, -0.2) is 48.7 Å². The first kappa shape index (κ1) is 26.5. The number of allylic oxidation sites excluding steroid dienone is 1. The standard InChI is InChI=1S/C25H43NO4/c1-10-13-14-16-20(15-11-2)24(7,28-8)21-17-19-26(22(27)30-23(4,5)6)25(21,29-9)18-12-3/h1,12,18,20-21H,11,13-17,19H2,2-9H3/b18-12-/t20-,21-,24?,25+/m0/s1. The smallest absolute Gasteiger partial charge is 0.412 e. The maximum absolute atomic E-state index is 13.1. The Balaban J connectivity index is 3.38. The molecule has 1 heterocycles. The Morgan fingerprint density at radius 2 is 1.97 bits per heavy atom. The number of terminal acetylenes is 1. The van der Waals surface area contributed by atoms with Gasteiger partial charge in [0.25, 0.3) is 0 Å². The molecule has 172 valence electrons. The number of amides is 1. The number of rotatable bonds is 10. The average molecular weight is 422 g/mol. The van der Waals surface area contributed by atoms with Crippen LogP contribution in [0.15, 0.2) is 12.2 Å². The molecule has 0 radical (unpaired) electrons. The van der Waals surface area contributed by atoms with Crippen LogP contribution in [0, 0.1) is 24.2 Å². The van der Waals surface area contributed by atoms with Gasteiger partial charge in [-0.1, -0.05) is 19.4 Å². The van der Waals surface area contributed by atoms with Crippen molar-refractivity contribution in [2.24, 2.45) is 11.8 Å². The lowest BCUT2D eigenvalue weighted by atomic mass is 9.69. The third-order valence-corrected chi connectivity index (χ3v) is 6.36. The molecule has 1 rings (SSSR count). The highest BCUT2D eigenvalue weighted by Crippen LogP contribution is 2.49. The van der Waals surface area contributed by atoms with E-state index in [0.29, 0.717) is 12.5 Å². The van der Waals surface area contributed by atoms with Gasteiger partial charge in [-0.2, -0.15) is 0 Å². The fourth-order valence-corrected chi connectivity index (χ4v) is 4.95. The lowest BCUT2D eigenvalue weighted by molar-refractivity contribution is -0.178. The van der Waals surface area contributed by atoms with E-state index in [-0.39, 0.29) is 12.0 Å². The van der Waals surface area contributed by atoms with Gasteiger partial charge in [0, 0.05) is 33.1 Å². The molecule has 0 aromatic heterocycles. The van der Waals surface area contributed by atoms with E-state index in [9.17, 15) is 4.79 Å². The summed E-state index contributed by atoms with van der Waals surface area (Å²) in [6.07, 6.45) is 14.6. The van der Waals surface area contributed by atoms with E-state index < -0.39 is 16.9 Å². The van der Waals surface area contributed by atoms with E-state index in [4.69, 9.17) is 20.6 Å². The fourth-order valence-electron chi connectivity index (χ4n) is 4.95. The molecule has 0 bridgehead atoms. The number of hydrogen-bond acceptors (Lipinski definition) is 4. The molecule has 0 aromatic rings. The van der Waals surface area contributed by atoms with Crippen molar-refractivity contribution in [1.82, 2.24) is 4.90 Å². The molecule has 1 aliphatic rings. The van der Waals surface area contributed by atoms with Crippen LogP contribution in [0.2, 0.25) is 0 Å². The number of hydrogen-bond donors (Lipinski definition) is 0. The topological polar surface area (TPSA) is 48.0 Å². The summed E-state index contributed by atoms with van der Waals surface area (Å²) in [5.74, 6) is 3.02. The van der Waals surface area contributed by atoms with E-state index in [2.05, 4.69) is 19.8 Å². The summed E-state index contributed by atoms with van der Waals surface area (Å²) in [4.78, 5) is 14.8. The number of likely N-dealkylation sites (tertiary alicyclic amines) is 1. The average Bonchev–Trinajstić information content (AvgIpc) is 3.06. The molecular weight excluding hydrogens is 378 g/mol. The molecule has 4 atom stereocenters. The van der Waals surface area contributed by atoms with Gasteiger partial charge in [-0.3, -0.25) is 4.90 Å². The minimum atomic E-state index is -0.917. The van der Waals surface area contributed by atoms with Crippen LogP contribution in [0.3, 0.4) is 0 Å². The van der Waals surface area contributed by atoms with Gasteiger partial charge in [-0.05, 0) is 72.3 Å². The van der Waals surface area contributed by atoms with E-state index in [1.54, 1.807) is 19.1 Å². The second-order valence-corrected chi connectivity index (χ2v) is 9.40. The summed E-state index contributed by atoms with van der Waals surface area (Å²) in [5, 5.41) is 0. The van der Waals surface area contributed by atoms with Crippen molar-refractivity contribution in [2.75, 3.05) is 20.8 Å². The minimum Gasteiger partial charge on any atom is -0.444 e. The van der Waals surface area contributed by atoms with Gasteiger partial charge in [-0.25, -0.2) is 4.79 Å². The second-order valence-electron chi connectivity index (χ2n) is 9.40. The van der Waals surface area contributed by atoms with Crippen molar-refractivity contribution in [1.29, 1.82) is 0 Å². The van der Waals surface area contributed by atoms with Crippen LogP contribution in [0.1, 0.15) is 80.1 Å². The van der Waals surface area contributed by atoms with Gasteiger partial charge < -0.3 is 14.2 Å². The summed E-state index contributed by atoms with van der Waals surface area (Å²) in [6, 6.07) is 0. The van der Waals surface area contributed by atoms with Crippen LogP contribution in [0.4, 0.5) is 4.79 Å². The van der Waals surface area contributed by atoms with Gasteiger partial charge in [0.05, 0.1) is 5.60 Å². The third kappa shape index (κ3) is 5.80. The fraction of sp³-hybridized carbons (Fsp3) is 0.800. The molecule has 1 fully saturated rings. The van der Waals surface area contributed by atoms with Crippen molar-refractivity contribution in [3.05, 3.63) is 12.2 Å². The highest BCUT2D eigenvalue weighted by atomic mass is 16.6. The molecule has 0 aliphatic carbocycles. The lowest BCUT2D eigenvalue weighted by Crippen LogP contribution is -2.59. The Morgan fingerprint density at radius 1 is 1.30 bits per heavy atom. The molecule has 0 saturated carbocycles. The summed E-state index contributed by atoms with van der Waals surface area (Å²) < 4.78 is 18.1. The van der Waals surface area contributed by atoms with Gasteiger partial charge in [0.1, 0.15) is 5.60 Å². The van der Waals surface area contributed by atoms with Gasteiger partial charge in [0.15, 0.2) is 5.72 Å². The molecule has 1 amide bonds. The number of nitrogens with zero attached hydrogens (tertiary/aromatic N) is 1. The zero-order valence-electron chi connectivity index (χ0n) is 20.4. The van der Waals surface area contributed by atoms with Crippen molar-refractivity contribution in [2.45, 2.75) is 97.0 Å². The van der Waals surface area contributed by atoms with Gasteiger partial charge in [0.2, 0.25) is 0 Å². The Bertz CT molecular complexity index is 618. The predicted molar refractivity (Wildman–Crippen MR) is 122 cm³/mol. The van der Waals surface area contributed by atoms with Crippen LogP contribution in [0.5, 0.6) is 0 Å². The predicted octanol–water partition coefficient (Wildman–Crippen LogP) is 5.79. The minimum absolute atomic E-state index is 0.0360. The summed E-state index contributed by atoms with van der Waals surface area (Å²) in [7, 11) is 3.44. The Labute approximate surface area is 184 Å². The molecule has 1 unspecified atom stereocenters. The largest absolute Gasteiger partial charge is 0.444 e. The highest BCUT2D eigenvalue weighted by molar-refractivity contribution is 5.70. The number of ether oxygens (including phenoxy) is 3. The molecule has 0 aromatic carbocycles. The van der Waals surface area contributed by atoms with E-state index >= 15 is 0 Å². The first-order valence-electron chi connectivity index (χ1n) is 11.2. The van der Waals surface area contributed by atoms with E-state index in [0.717, 1.165) is 38.5 Å². The molecule has 0 spiro atoms. The molecule has 0 N–H and O–H groups in total. The summed E-state index contributed by atoms with van der Waals surface area (Å²) in [5.41, 5.74) is -1.97. The van der Waals surface area contributed by atoms with Crippen molar-refractivity contribution >= 4 is 6.09 Å². The SMILES string of the molecule is C#CCCC[C@H](CCC)C(C)(OC)[C@@H]1CCN(C(=O)OC(C)(C)C)[C@]1(/C=C\C)OC. The van der Waals surface area contributed by atoms with Gasteiger partial charge in [-0.15, -0.1) is 12.3 Å². The van der Waals surface area contributed by atoms with E-state index in [1.165, 1.54) is 0 Å². The monoisotopic (exact) mass is 421 g/mol. The Morgan fingerprint density at radius 3 is 2.43 bits per heavy atom. The normalized spacial score (nSPS) is 25.2. The first-order valence-corrected chi connectivity index (χ1v) is 11.2. The highest BCUT2D eigenvalue weighted by Gasteiger charge is 2.59. The molecule has 1 aliphatic heterocycles. The second kappa shape index (κ2) is 11.2. The molecule has 5 heteroatoms. The number of carbonyl (C=O) groups excluding carboxylic acids is 1. The van der Waals surface area contributed by atoms with Crippen LogP contribution in [0.25, 0.3) is 0 Å². The van der Waals surface area contributed by atoms with Crippen molar-refractivity contribution < 1.29 is 19.0 Å². The molecule has 1 saturated heterocycles. The Kier molecular flexibility index (Phi) is 9.91. The zero-order chi connectivity index (χ0) is 23.0. The van der Waals surface area contributed by atoms with Crippen molar-refractivity contribution in [3.8, 4) is 12.3 Å². The number of methoxy groups -OCH3 is 2. The quantitative estimate of drug-likeness (QED) is 0.255. The van der Waals surface area contributed by atoms with Crippen LogP contribution in [-0.2, 0) is 14.2 Å². The van der Waals surface area contributed by atoms with Crippen LogP contribution < -0.4 is 0 Å². The number of unbranched alkanes of at least 4 members (excludes halogenated alkanes) is 1. The molecular formula is C25H43NO4. The lowest BCUT2D eigenvalue weighted by Gasteiger charge is -2.49. The molecule has 30 heavy (non-hydrogen) atoms. The summed E-state index contributed by atoms with van der Waals surface area (Å²) in [6.45, 7) is 12.5. The maximum Gasteiger partial charge on any atom is 0.412 e. The first-order chi connectivity index (χ1) is 14.1. The molecule has 5 nitrogen and oxygen atoms in total. The van der Waals surface area contributed by atoms with Crippen LogP contribution >= 0.6 is 0 Å². The maximum atomic E-state index is 13.1. The Hall–Kier alpha value is -1.51.